The number of methoxy groups -OCH3 is 2. The van der Waals surface area contributed by atoms with Gasteiger partial charge in [0.1, 0.15) is 17.9 Å². The molecule has 1 aliphatic rings. The number of nitrogens with one attached hydrogen (secondary N) is 3. The second kappa shape index (κ2) is 20.9. The van der Waals surface area contributed by atoms with E-state index in [0.29, 0.717) is 24.1 Å². The molecule has 0 radical (unpaired) electrons. The van der Waals surface area contributed by atoms with Crippen LogP contribution in [0.25, 0.3) is 0 Å². The maximum atomic E-state index is 14.2. The number of amides is 3. The van der Waals surface area contributed by atoms with Gasteiger partial charge in [-0.3, -0.25) is 19.3 Å². The Hall–Kier alpha value is -3.16. The molecule has 1 saturated heterocycles. The average molecular weight is 730 g/mol. The first-order chi connectivity index (χ1) is 24.5. The molecule has 4 N–H and O–H groups in total. The lowest BCUT2D eigenvalue weighted by Gasteiger charge is -2.44. The summed E-state index contributed by atoms with van der Waals surface area (Å²) in [7, 11) is 6.74. The quantitative estimate of drug-likeness (QED) is 0.104. The van der Waals surface area contributed by atoms with E-state index in [1.807, 2.05) is 61.0 Å². The largest absolute Gasteiger partial charge is 0.386 e. The molecule has 1 aromatic rings. The number of carbonyl (C=O) groups excluding carboxylic acids is 4. The fourth-order valence-electron chi connectivity index (χ4n) is 7.61. The third kappa shape index (κ3) is 11.2. The van der Waals surface area contributed by atoms with Crippen LogP contribution in [0.4, 0.5) is 0 Å². The third-order valence-corrected chi connectivity index (χ3v) is 11.1. The van der Waals surface area contributed by atoms with Crippen molar-refractivity contribution >= 4 is 24.0 Å². The molecule has 0 bridgehead atoms. The van der Waals surface area contributed by atoms with Crippen LogP contribution in [0.2, 0.25) is 0 Å². The summed E-state index contributed by atoms with van der Waals surface area (Å²) >= 11 is 0. The molecule has 3 amide bonds. The minimum absolute atomic E-state index is 0.0773. The van der Waals surface area contributed by atoms with Gasteiger partial charge in [0.2, 0.25) is 17.7 Å². The number of rotatable bonds is 22. The summed E-state index contributed by atoms with van der Waals surface area (Å²) in [5.41, 5.74) is 0.139. The molecule has 0 aromatic heterocycles. The fourth-order valence-corrected chi connectivity index (χ4v) is 7.61. The molecule has 1 heterocycles. The molecule has 2 rings (SSSR count). The van der Waals surface area contributed by atoms with E-state index in [0.717, 1.165) is 19.1 Å². The van der Waals surface area contributed by atoms with Crippen molar-refractivity contribution in [3.8, 4) is 0 Å². The van der Waals surface area contributed by atoms with Crippen molar-refractivity contribution in [2.75, 3.05) is 41.4 Å². The summed E-state index contributed by atoms with van der Waals surface area (Å²) in [5.74, 6) is -1.45. The minimum atomic E-state index is -1.21. The zero-order valence-corrected chi connectivity index (χ0v) is 33.5. The van der Waals surface area contributed by atoms with Gasteiger partial charge in [0.05, 0.1) is 42.7 Å². The van der Waals surface area contributed by atoms with Gasteiger partial charge in [0.15, 0.2) is 0 Å². The van der Waals surface area contributed by atoms with Crippen molar-refractivity contribution in [3.63, 3.8) is 0 Å². The van der Waals surface area contributed by atoms with E-state index >= 15 is 0 Å². The van der Waals surface area contributed by atoms with Gasteiger partial charge in [-0.15, -0.1) is 0 Å². The molecule has 1 aromatic carbocycles. The highest BCUT2D eigenvalue weighted by Crippen LogP contribution is 2.30. The Bertz CT molecular complexity index is 1310. The molecule has 12 nitrogen and oxygen atoms in total. The number of aldehydes is 1. The Morgan fingerprint density at radius 1 is 1.10 bits per heavy atom. The van der Waals surface area contributed by atoms with E-state index < -0.39 is 41.9 Å². The molecule has 0 unspecified atom stereocenters. The van der Waals surface area contributed by atoms with E-state index in [-0.39, 0.29) is 54.6 Å². The summed E-state index contributed by atoms with van der Waals surface area (Å²) in [4.78, 5) is 57.7. The van der Waals surface area contributed by atoms with Crippen LogP contribution in [-0.2, 0) is 28.7 Å². The summed E-state index contributed by atoms with van der Waals surface area (Å²) in [6, 6.07) is 7.41. The number of hydrogen-bond acceptors (Lipinski definition) is 9. The Kier molecular flexibility index (Phi) is 18.1. The smallest absolute Gasteiger partial charge is 0.242 e. The third-order valence-electron chi connectivity index (χ3n) is 11.1. The van der Waals surface area contributed by atoms with Gasteiger partial charge >= 0.3 is 0 Å². The number of carbonyl (C=O) groups is 4. The number of nitrogens with zero attached hydrogens (tertiary/aromatic N) is 2. The predicted molar refractivity (Wildman–Crippen MR) is 204 cm³/mol. The summed E-state index contributed by atoms with van der Waals surface area (Å²) < 4.78 is 12.0. The van der Waals surface area contributed by atoms with Gasteiger partial charge in [-0.2, -0.15) is 0 Å². The monoisotopic (exact) mass is 730 g/mol. The number of benzene rings is 1. The van der Waals surface area contributed by atoms with Gasteiger partial charge in [-0.05, 0) is 58.2 Å². The lowest BCUT2D eigenvalue weighted by atomic mass is 9.84. The Morgan fingerprint density at radius 2 is 1.73 bits per heavy atom. The predicted octanol–water partition coefficient (Wildman–Crippen LogP) is 3.49. The number of aliphatic hydroxyl groups is 1. The molecule has 0 spiro atoms. The van der Waals surface area contributed by atoms with Crippen molar-refractivity contribution in [1.82, 2.24) is 25.8 Å². The molecule has 294 valence electrons. The van der Waals surface area contributed by atoms with Gasteiger partial charge < -0.3 is 40.2 Å². The normalized spacial score (nSPS) is 20.6. The Balaban J connectivity index is 2.27. The Morgan fingerprint density at radius 3 is 2.23 bits per heavy atom. The maximum absolute atomic E-state index is 14.2. The molecular formula is C40H67N5O7. The van der Waals surface area contributed by atoms with Gasteiger partial charge in [0.25, 0.3) is 0 Å². The highest BCUT2D eigenvalue weighted by Gasteiger charge is 2.44. The molecule has 12 heteroatoms. The molecular weight excluding hydrogens is 662 g/mol. The second-order valence-electron chi connectivity index (χ2n) is 15.1. The highest BCUT2D eigenvalue weighted by molar-refractivity contribution is 5.88. The SMILES string of the molecule is C=C(C)[C@H](NC)C(=O)N[C@@](C=O)(CN(C)[C@@H]([C@@H](C)CC)[C@@H](CC(=O)N1CCC[C@H]1[C@H](OC)[C@@H](C)C(=O)N[C@H](C)[C@@H](O)c1ccccc1)OC)C(C)C. The summed E-state index contributed by atoms with van der Waals surface area (Å²) in [6.07, 6.45) is 1.19. The lowest BCUT2D eigenvalue weighted by molar-refractivity contribution is -0.143. The molecule has 52 heavy (non-hydrogen) atoms. The highest BCUT2D eigenvalue weighted by atomic mass is 16.5. The zero-order chi connectivity index (χ0) is 39.3. The summed E-state index contributed by atoms with van der Waals surface area (Å²) in [5, 5.41) is 19.8. The first-order valence-corrected chi connectivity index (χ1v) is 18.7. The maximum Gasteiger partial charge on any atom is 0.242 e. The van der Waals surface area contributed by atoms with E-state index in [2.05, 4.69) is 36.4 Å². The van der Waals surface area contributed by atoms with Crippen LogP contribution in [0.15, 0.2) is 42.5 Å². The van der Waals surface area contributed by atoms with Crippen molar-refractivity contribution < 1.29 is 33.8 Å². The fraction of sp³-hybridized carbons (Fsp3) is 0.700. The number of likely N-dealkylation sites (tertiary alicyclic amines) is 1. The topological polar surface area (TPSA) is 150 Å². The number of aliphatic hydroxyl groups excluding tert-OH is 1. The molecule has 0 saturated carbocycles. The van der Waals surface area contributed by atoms with Gasteiger partial charge in [0, 0.05) is 33.4 Å². The average Bonchev–Trinajstić information content (AvgIpc) is 3.60. The second-order valence-corrected chi connectivity index (χ2v) is 15.1. The number of likely N-dealkylation sites (N-methyl/N-ethyl adjacent to an activating group) is 2. The first-order valence-electron chi connectivity index (χ1n) is 18.7. The van der Waals surface area contributed by atoms with Crippen LogP contribution >= 0.6 is 0 Å². The van der Waals surface area contributed by atoms with Crippen LogP contribution in [0.3, 0.4) is 0 Å². The van der Waals surface area contributed by atoms with Crippen LogP contribution in [-0.4, -0.2) is 122 Å². The number of hydrogen-bond donors (Lipinski definition) is 4. The first kappa shape index (κ1) is 45.0. The van der Waals surface area contributed by atoms with Crippen molar-refractivity contribution in [2.45, 2.75) is 122 Å². The zero-order valence-electron chi connectivity index (χ0n) is 33.5. The van der Waals surface area contributed by atoms with E-state index in [9.17, 15) is 24.3 Å². The van der Waals surface area contributed by atoms with Crippen LogP contribution in [0.1, 0.15) is 85.8 Å². The van der Waals surface area contributed by atoms with Crippen molar-refractivity contribution in [1.29, 1.82) is 0 Å². The molecule has 10 atom stereocenters. The molecule has 1 aliphatic heterocycles. The molecule has 0 aliphatic carbocycles. The summed E-state index contributed by atoms with van der Waals surface area (Å²) in [6.45, 7) is 18.0. The van der Waals surface area contributed by atoms with E-state index in [4.69, 9.17) is 9.47 Å². The minimum Gasteiger partial charge on any atom is -0.386 e. The van der Waals surface area contributed by atoms with E-state index in [1.165, 1.54) is 0 Å². The number of ether oxygens (including phenoxy) is 2. The van der Waals surface area contributed by atoms with Crippen LogP contribution in [0.5, 0.6) is 0 Å². The van der Waals surface area contributed by atoms with Crippen LogP contribution in [0, 0.1) is 17.8 Å². The Labute approximate surface area is 312 Å². The standard InChI is InChI=1S/C40H67N5O7/c1-13-27(6)35(44(10)23-40(24-46,26(4)5)43-39(50)34(41-9)25(2)3)32(51-11)22-33(47)45-21-17-20-31(45)37(52-12)28(7)38(49)42-29(8)36(48)30-18-15-14-16-19-30/h14-16,18-19,24,26-29,31-32,34-37,41,48H,2,13,17,20-23H2,1,3-12H3,(H,42,49)(H,43,50)/t27-,28+,29+,31-,32+,34-,35-,36+,37+,40+/m0/s1. The van der Waals surface area contributed by atoms with E-state index in [1.54, 1.807) is 42.0 Å². The van der Waals surface area contributed by atoms with Gasteiger partial charge in [-0.25, -0.2) is 0 Å². The van der Waals surface area contributed by atoms with Crippen molar-refractivity contribution in [2.24, 2.45) is 17.8 Å². The van der Waals surface area contributed by atoms with Crippen molar-refractivity contribution in [3.05, 3.63) is 48.0 Å². The molecule has 1 fully saturated rings. The van der Waals surface area contributed by atoms with Gasteiger partial charge in [-0.1, -0.05) is 83.5 Å². The lowest BCUT2D eigenvalue weighted by Crippen LogP contribution is -2.64. The van der Waals surface area contributed by atoms with Crippen LogP contribution < -0.4 is 16.0 Å².